The van der Waals surface area contributed by atoms with E-state index in [-0.39, 0.29) is 6.04 Å². The molecule has 0 radical (unpaired) electrons. The first-order valence-electron chi connectivity index (χ1n) is 7.33. The SMILES string of the molecule is CCOc1ccc(CNCC(c2ccco2)N(C)C)cc1. The van der Waals surface area contributed by atoms with Crippen LogP contribution in [0.1, 0.15) is 24.3 Å². The molecule has 0 bridgehead atoms. The molecule has 21 heavy (non-hydrogen) atoms. The van der Waals surface area contributed by atoms with Gasteiger partial charge in [-0.3, -0.25) is 4.90 Å². The molecule has 0 fully saturated rings. The average Bonchev–Trinajstić information content (AvgIpc) is 2.99. The number of ether oxygens (including phenoxy) is 1. The predicted molar refractivity (Wildman–Crippen MR) is 84.5 cm³/mol. The molecule has 0 aliphatic carbocycles. The third-order valence-electron chi connectivity index (χ3n) is 3.40. The third-order valence-corrected chi connectivity index (χ3v) is 3.40. The molecule has 1 heterocycles. The zero-order valence-electron chi connectivity index (χ0n) is 13.0. The largest absolute Gasteiger partial charge is 0.494 e. The molecule has 4 heteroatoms. The van der Waals surface area contributed by atoms with Crippen LogP contribution in [0, 0.1) is 0 Å². The highest BCUT2D eigenvalue weighted by Gasteiger charge is 2.16. The predicted octanol–water partition coefficient (Wildman–Crippen LogP) is 3.07. The van der Waals surface area contributed by atoms with Gasteiger partial charge in [-0.05, 0) is 50.8 Å². The average molecular weight is 288 g/mol. The maximum atomic E-state index is 5.50. The minimum atomic E-state index is 0.239. The van der Waals surface area contributed by atoms with Gasteiger partial charge in [0.05, 0.1) is 18.9 Å². The summed E-state index contributed by atoms with van der Waals surface area (Å²) in [6.07, 6.45) is 1.72. The second-order valence-electron chi connectivity index (χ2n) is 5.20. The van der Waals surface area contributed by atoms with Crippen LogP contribution in [0.4, 0.5) is 0 Å². The van der Waals surface area contributed by atoms with Gasteiger partial charge in [-0.2, -0.15) is 0 Å². The van der Waals surface area contributed by atoms with Crippen LogP contribution in [0.15, 0.2) is 47.1 Å². The van der Waals surface area contributed by atoms with Crippen LogP contribution >= 0.6 is 0 Å². The lowest BCUT2D eigenvalue weighted by molar-refractivity contribution is 0.250. The number of hydrogen-bond donors (Lipinski definition) is 1. The van der Waals surface area contributed by atoms with Crippen LogP contribution in [-0.2, 0) is 6.54 Å². The molecule has 114 valence electrons. The Hall–Kier alpha value is -1.78. The van der Waals surface area contributed by atoms with Crippen molar-refractivity contribution in [3.8, 4) is 5.75 Å². The van der Waals surface area contributed by atoms with Gasteiger partial charge >= 0.3 is 0 Å². The maximum Gasteiger partial charge on any atom is 0.122 e. The fourth-order valence-corrected chi connectivity index (χ4v) is 2.24. The minimum Gasteiger partial charge on any atom is -0.494 e. The summed E-state index contributed by atoms with van der Waals surface area (Å²) in [6, 6.07) is 12.4. The van der Waals surface area contributed by atoms with E-state index in [0.717, 1.165) is 24.6 Å². The lowest BCUT2D eigenvalue weighted by Crippen LogP contribution is -2.30. The number of nitrogens with zero attached hydrogens (tertiary/aromatic N) is 1. The lowest BCUT2D eigenvalue weighted by atomic mass is 10.2. The second kappa shape index (κ2) is 7.86. The van der Waals surface area contributed by atoms with E-state index >= 15 is 0 Å². The normalized spacial score (nSPS) is 12.6. The van der Waals surface area contributed by atoms with Gasteiger partial charge in [-0.1, -0.05) is 12.1 Å². The van der Waals surface area contributed by atoms with Gasteiger partial charge in [0, 0.05) is 13.1 Å². The molecule has 0 spiro atoms. The van der Waals surface area contributed by atoms with Gasteiger partial charge in [0.2, 0.25) is 0 Å². The summed E-state index contributed by atoms with van der Waals surface area (Å²) in [5.74, 6) is 1.90. The third kappa shape index (κ3) is 4.62. The van der Waals surface area contributed by atoms with Crippen molar-refractivity contribution < 1.29 is 9.15 Å². The molecule has 2 rings (SSSR count). The van der Waals surface area contributed by atoms with Crippen molar-refractivity contribution in [1.82, 2.24) is 10.2 Å². The zero-order chi connectivity index (χ0) is 15.1. The summed E-state index contributed by atoms with van der Waals surface area (Å²) in [7, 11) is 4.12. The Morgan fingerprint density at radius 2 is 1.95 bits per heavy atom. The topological polar surface area (TPSA) is 37.6 Å². The van der Waals surface area contributed by atoms with Crippen LogP contribution in [-0.4, -0.2) is 32.1 Å². The highest BCUT2D eigenvalue weighted by atomic mass is 16.5. The first-order chi connectivity index (χ1) is 10.2. The van der Waals surface area contributed by atoms with Crippen molar-refractivity contribution >= 4 is 0 Å². The Bertz CT molecular complexity index is 506. The van der Waals surface area contributed by atoms with Gasteiger partial charge in [0.25, 0.3) is 0 Å². The summed E-state index contributed by atoms with van der Waals surface area (Å²) >= 11 is 0. The van der Waals surface area contributed by atoms with Crippen molar-refractivity contribution in [2.45, 2.75) is 19.5 Å². The fourth-order valence-electron chi connectivity index (χ4n) is 2.24. The van der Waals surface area contributed by atoms with Crippen LogP contribution < -0.4 is 10.1 Å². The van der Waals surface area contributed by atoms with E-state index in [0.29, 0.717) is 6.61 Å². The van der Waals surface area contributed by atoms with Crippen molar-refractivity contribution in [2.24, 2.45) is 0 Å². The number of nitrogens with one attached hydrogen (secondary N) is 1. The summed E-state index contributed by atoms with van der Waals surface area (Å²) < 4.78 is 10.9. The van der Waals surface area contributed by atoms with E-state index in [1.165, 1.54) is 5.56 Å². The smallest absolute Gasteiger partial charge is 0.122 e. The number of rotatable bonds is 8. The number of benzene rings is 1. The molecule has 1 aromatic heterocycles. The van der Waals surface area contributed by atoms with Gasteiger partial charge in [-0.25, -0.2) is 0 Å². The van der Waals surface area contributed by atoms with Crippen molar-refractivity contribution in [2.75, 3.05) is 27.2 Å². The molecule has 0 saturated heterocycles. The minimum absolute atomic E-state index is 0.239. The second-order valence-corrected chi connectivity index (χ2v) is 5.20. The van der Waals surface area contributed by atoms with E-state index in [9.17, 15) is 0 Å². The summed E-state index contributed by atoms with van der Waals surface area (Å²) in [6.45, 7) is 4.36. The van der Waals surface area contributed by atoms with Crippen molar-refractivity contribution in [3.05, 3.63) is 54.0 Å². The first kappa shape index (κ1) is 15.6. The maximum absolute atomic E-state index is 5.50. The van der Waals surface area contributed by atoms with Crippen LogP contribution in [0.25, 0.3) is 0 Å². The molecule has 1 aromatic carbocycles. The van der Waals surface area contributed by atoms with Crippen molar-refractivity contribution in [3.63, 3.8) is 0 Å². The van der Waals surface area contributed by atoms with E-state index in [2.05, 4.69) is 36.4 Å². The molecule has 0 aliphatic heterocycles. The van der Waals surface area contributed by atoms with Gasteiger partial charge < -0.3 is 14.5 Å². The van der Waals surface area contributed by atoms with Crippen LogP contribution in [0.5, 0.6) is 5.75 Å². The molecular formula is C17H24N2O2. The molecule has 1 N–H and O–H groups in total. The quantitative estimate of drug-likeness (QED) is 0.810. The summed E-state index contributed by atoms with van der Waals surface area (Å²) in [5, 5.41) is 3.48. The van der Waals surface area contributed by atoms with Crippen LogP contribution in [0.2, 0.25) is 0 Å². The molecule has 1 atom stereocenters. The number of furan rings is 1. The first-order valence-corrected chi connectivity index (χ1v) is 7.33. The Labute approximate surface area is 126 Å². The zero-order valence-corrected chi connectivity index (χ0v) is 13.0. The molecule has 1 unspecified atom stereocenters. The molecular weight excluding hydrogens is 264 g/mol. The van der Waals surface area contributed by atoms with E-state index in [1.54, 1.807) is 6.26 Å². The van der Waals surface area contributed by atoms with E-state index in [4.69, 9.17) is 9.15 Å². The molecule has 0 amide bonds. The van der Waals surface area contributed by atoms with Gasteiger partial charge in [0.1, 0.15) is 11.5 Å². The highest BCUT2D eigenvalue weighted by molar-refractivity contribution is 5.27. The Balaban J connectivity index is 1.84. The number of hydrogen-bond acceptors (Lipinski definition) is 4. The van der Waals surface area contributed by atoms with E-state index < -0.39 is 0 Å². The Morgan fingerprint density at radius 1 is 1.19 bits per heavy atom. The summed E-state index contributed by atoms with van der Waals surface area (Å²) in [5.41, 5.74) is 1.25. The lowest BCUT2D eigenvalue weighted by Gasteiger charge is -2.22. The van der Waals surface area contributed by atoms with Crippen molar-refractivity contribution in [1.29, 1.82) is 0 Å². The molecule has 4 nitrogen and oxygen atoms in total. The summed E-state index contributed by atoms with van der Waals surface area (Å²) in [4.78, 5) is 2.16. The fraction of sp³-hybridized carbons (Fsp3) is 0.412. The molecule has 0 saturated carbocycles. The van der Waals surface area contributed by atoms with Gasteiger partial charge in [-0.15, -0.1) is 0 Å². The molecule has 0 aliphatic rings. The number of likely N-dealkylation sites (N-methyl/N-ethyl adjacent to an activating group) is 1. The highest BCUT2D eigenvalue weighted by Crippen LogP contribution is 2.18. The monoisotopic (exact) mass is 288 g/mol. The Morgan fingerprint density at radius 3 is 2.52 bits per heavy atom. The Kier molecular flexibility index (Phi) is 5.84. The van der Waals surface area contributed by atoms with Gasteiger partial charge in [0.15, 0.2) is 0 Å². The van der Waals surface area contributed by atoms with E-state index in [1.807, 2.05) is 31.2 Å². The van der Waals surface area contributed by atoms with Crippen LogP contribution in [0.3, 0.4) is 0 Å². The molecule has 2 aromatic rings. The standard InChI is InChI=1S/C17H24N2O2/c1-4-20-15-9-7-14(8-10-15)12-18-13-16(19(2)3)17-6-5-11-21-17/h5-11,16,18H,4,12-13H2,1-3H3.